The second kappa shape index (κ2) is 8.76. The molecule has 0 aliphatic heterocycles. The highest BCUT2D eigenvalue weighted by molar-refractivity contribution is 7.99. The molecule has 5 heteroatoms. The normalized spacial score (nSPS) is 11.7. The van der Waals surface area contributed by atoms with Gasteiger partial charge in [-0.2, -0.15) is 0 Å². The van der Waals surface area contributed by atoms with Crippen LogP contribution in [-0.4, -0.2) is 33.9 Å². The molecule has 1 heterocycles. The molecular formula is C22H26N2O2S. The molecule has 0 unspecified atom stereocenters. The number of hydrogen-bond acceptors (Lipinski definition) is 4. The Labute approximate surface area is 164 Å². The number of H-pyrrole nitrogens is 1. The van der Waals surface area contributed by atoms with Crippen molar-refractivity contribution in [3.05, 3.63) is 71.9 Å². The van der Waals surface area contributed by atoms with E-state index in [1.165, 1.54) is 15.4 Å². The molecule has 3 rings (SSSR count). The first-order valence-corrected chi connectivity index (χ1v) is 9.86. The number of hydrogen-bond donors (Lipinski definition) is 4. The molecule has 2 aromatic carbocycles. The Morgan fingerprint density at radius 2 is 1.48 bits per heavy atom. The van der Waals surface area contributed by atoms with Crippen molar-refractivity contribution in [2.24, 2.45) is 5.73 Å². The average molecular weight is 383 g/mol. The molecule has 27 heavy (non-hydrogen) atoms. The van der Waals surface area contributed by atoms with Crippen molar-refractivity contribution in [2.45, 2.75) is 35.1 Å². The smallest absolute Gasteiger partial charge is 0.0633 e. The van der Waals surface area contributed by atoms with Crippen LogP contribution in [0, 0.1) is 6.92 Å². The summed E-state index contributed by atoms with van der Waals surface area (Å²) in [5.41, 5.74) is 9.64. The second-order valence-electron chi connectivity index (χ2n) is 7.00. The van der Waals surface area contributed by atoms with E-state index >= 15 is 0 Å². The first-order chi connectivity index (χ1) is 13.0. The second-order valence-corrected chi connectivity index (χ2v) is 8.15. The number of benzene rings is 2. The Morgan fingerprint density at radius 1 is 0.889 bits per heavy atom. The van der Waals surface area contributed by atoms with Gasteiger partial charge in [-0.3, -0.25) is 0 Å². The van der Waals surface area contributed by atoms with Gasteiger partial charge in [-0.15, -0.1) is 0 Å². The van der Waals surface area contributed by atoms with E-state index in [4.69, 9.17) is 5.73 Å². The number of aromatic nitrogens is 1. The molecule has 0 saturated heterocycles. The van der Waals surface area contributed by atoms with Crippen LogP contribution in [0.15, 0.2) is 70.5 Å². The van der Waals surface area contributed by atoms with Crippen LogP contribution in [0.2, 0.25) is 0 Å². The quantitative estimate of drug-likeness (QED) is 0.478. The number of aliphatic hydroxyl groups excluding tert-OH is 2. The highest BCUT2D eigenvalue weighted by atomic mass is 32.2. The number of aromatic amines is 1. The Balaban J connectivity index is 1.59. The van der Waals surface area contributed by atoms with E-state index in [1.807, 2.05) is 0 Å². The van der Waals surface area contributed by atoms with E-state index in [9.17, 15) is 10.2 Å². The van der Waals surface area contributed by atoms with E-state index in [0.717, 1.165) is 23.4 Å². The summed E-state index contributed by atoms with van der Waals surface area (Å²) in [7, 11) is 0. The molecule has 4 nitrogen and oxygen atoms in total. The van der Waals surface area contributed by atoms with Gasteiger partial charge in [-0.05, 0) is 67.3 Å². The third-order valence-corrected chi connectivity index (χ3v) is 5.71. The summed E-state index contributed by atoms with van der Waals surface area (Å²) in [6.45, 7) is 1.63. The Bertz CT molecular complexity index is 853. The number of aliphatic hydroxyl groups is 2. The zero-order valence-electron chi connectivity index (χ0n) is 15.5. The minimum atomic E-state index is -0.910. The summed E-state index contributed by atoms with van der Waals surface area (Å²) in [5.74, 6) is 0. The minimum absolute atomic E-state index is 0.213. The molecule has 5 N–H and O–H groups in total. The van der Waals surface area contributed by atoms with Crippen molar-refractivity contribution in [3.8, 4) is 11.3 Å². The zero-order chi connectivity index (χ0) is 19.3. The van der Waals surface area contributed by atoms with Crippen LogP contribution < -0.4 is 5.73 Å². The van der Waals surface area contributed by atoms with Crippen LogP contribution in [0.5, 0.6) is 0 Å². The van der Waals surface area contributed by atoms with Crippen LogP contribution in [0.3, 0.4) is 0 Å². The van der Waals surface area contributed by atoms with E-state index in [2.05, 4.69) is 72.6 Å². The van der Waals surface area contributed by atoms with Crippen LogP contribution >= 0.6 is 11.8 Å². The highest BCUT2D eigenvalue weighted by Gasteiger charge is 2.22. The Morgan fingerprint density at radius 3 is 2.00 bits per heavy atom. The fourth-order valence-electron chi connectivity index (χ4n) is 2.84. The highest BCUT2D eigenvalue weighted by Crippen LogP contribution is 2.30. The molecule has 0 atom stereocenters. The van der Waals surface area contributed by atoms with Crippen molar-refractivity contribution in [1.29, 1.82) is 0 Å². The van der Waals surface area contributed by atoms with Crippen LogP contribution in [-0.2, 0) is 6.42 Å². The first-order valence-electron chi connectivity index (χ1n) is 9.05. The first kappa shape index (κ1) is 19.7. The molecule has 0 radical (unpaired) electrons. The maximum atomic E-state index is 9.27. The van der Waals surface area contributed by atoms with Gasteiger partial charge in [-0.1, -0.05) is 36.0 Å². The predicted octanol–water partition coefficient (Wildman–Crippen LogP) is 3.76. The van der Waals surface area contributed by atoms with Gasteiger partial charge in [0.15, 0.2) is 0 Å². The van der Waals surface area contributed by atoms with Gasteiger partial charge in [0.1, 0.15) is 0 Å². The summed E-state index contributed by atoms with van der Waals surface area (Å²) in [4.78, 5) is 5.71. The van der Waals surface area contributed by atoms with Crippen molar-refractivity contribution in [3.63, 3.8) is 0 Å². The summed E-state index contributed by atoms with van der Waals surface area (Å²) in [6.07, 6.45) is 1.28. The molecule has 0 aliphatic rings. The Kier molecular flexibility index (Phi) is 6.39. The van der Waals surface area contributed by atoms with Crippen LogP contribution in [0.1, 0.15) is 17.7 Å². The molecule has 3 aromatic rings. The fraction of sp³-hybridized carbons (Fsp3) is 0.273. The number of nitrogens with one attached hydrogen (secondary N) is 1. The molecule has 0 fully saturated rings. The van der Waals surface area contributed by atoms with Crippen LogP contribution in [0.4, 0.5) is 0 Å². The molecule has 0 spiro atoms. The molecule has 1 aromatic heterocycles. The lowest BCUT2D eigenvalue weighted by Gasteiger charge is -2.24. The van der Waals surface area contributed by atoms with Gasteiger partial charge >= 0.3 is 0 Å². The van der Waals surface area contributed by atoms with E-state index in [1.54, 1.807) is 11.8 Å². The van der Waals surface area contributed by atoms with Crippen LogP contribution in [0.25, 0.3) is 11.3 Å². The van der Waals surface area contributed by atoms with Crippen molar-refractivity contribution in [2.75, 3.05) is 13.2 Å². The lowest BCUT2D eigenvalue weighted by atomic mass is 9.94. The summed E-state index contributed by atoms with van der Waals surface area (Å²) in [6, 6.07) is 21.1. The fourth-order valence-corrected chi connectivity index (χ4v) is 3.65. The van der Waals surface area contributed by atoms with Gasteiger partial charge in [-0.25, -0.2) is 0 Å². The lowest BCUT2D eigenvalue weighted by molar-refractivity contribution is 0.115. The average Bonchev–Trinajstić information content (AvgIpc) is 3.14. The number of nitrogens with two attached hydrogens (primary N) is 1. The number of aryl methyl sites for hydroxylation is 2. The van der Waals surface area contributed by atoms with Gasteiger partial charge in [0.2, 0.25) is 0 Å². The van der Waals surface area contributed by atoms with Gasteiger partial charge < -0.3 is 20.9 Å². The maximum Gasteiger partial charge on any atom is 0.0633 e. The SMILES string of the molecule is Cc1ccc(-c2ccc(Sc3ccc(CCC(N)(CO)CO)cc3)cc2)[nH]1. The molecular weight excluding hydrogens is 356 g/mol. The molecule has 142 valence electrons. The largest absolute Gasteiger partial charge is 0.394 e. The van der Waals surface area contributed by atoms with Crippen molar-refractivity contribution in [1.82, 2.24) is 4.98 Å². The van der Waals surface area contributed by atoms with E-state index < -0.39 is 5.54 Å². The monoisotopic (exact) mass is 382 g/mol. The standard InChI is InChI=1S/C22H26N2O2S/c1-16-2-11-21(24-16)18-5-9-20(10-6-18)27-19-7-3-17(4-8-19)12-13-22(23,14-25)15-26/h2-11,24-26H,12-15,23H2,1H3. The Hall–Kier alpha value is -2.05. The summed E-state index contributed by atoms with van der Waals surface area (Å²) >= 11 is 1.72. The van der Waals surface area contributed by atoms with Gasteiger partial charge in [0.05, 0.1) is 18.8 Å². The number of rotatable bonds is 8. The van der Waals surface area contributed by atoms with Crippen molar-refractivity contribution < 1.29 is 10.2 Å². The van der Waals surface area contributed by atoms with Crippen molar-refractivity contribution >= 4 is 11.8 Å². The summed E-state index contributed by atoms with van der Waals surface area (Å²) < 4.78 is 0. The van der Waals surface area contributed by atoms with Gasteiger partial charge in [0, 0.05) is 21.2 Å². The summed E-state index contributed by atoms with van der Waals surface area (Å²) in [5, 5.41) is 18.5. The lowest BCUT2D eigenvalue weighted by Crippen LogP contribution is -2.47. The molecule has 0 amide bonds. The molecule has 0 aliphatic carbocycles. The predicted molar refractivity (Wildman–Crippen MR) is 111 cm³/mol. The third kappa shape index (κ3) is 5.23. The topological polar surface area (TPSA) is 82.3 Å². The zero-order valence-corrected chi connectivity index (χ0v) is 16.3. The minimum Gasteiger partial charge on any atom is -0.394 e. The third-order valence-electron chi connectivity index (χ3n) is 4.70. The van der Waals surface area contributed by atoms with E-state index in [0.29, 0.717) is 6.42 Å². The molecule has 0 bridgehead atoms. The van der Waals surface area contributed by atoms with Gasteiger partial charge in [0.25, 0.3) is 0 Å². The maximum absolute atomic E-state index is 9.27. The molecule has 0 saturated carbocycles. The van der Waals surface area contributed by atoms with E-state index in [-0.39, 0.29) is 13.2 Å².